The molecule has 0 aliphatic heterocycles. The van der Waals surface area contributed by atoms with Crippen LogP contribution in [0.3, 0.4) is 0 Å². The molecule has 176 valence electrons. The number of hydrogen-bond donors (Lipinski definition) is 5. The van der Waals surface area contributed by atoms with Crippen LogP contribution in [0.5, 0.6) is 0 Å². The van der Waals surface area contributed by atoms with Gasteiger partial charge in [-0.2, -0.15) is 0 Å². The lowest BCUT2D eigenvalue weighted by Gasteiger charge is -2.17. The van der Waals surface area contributed by atoms with Crippen LogP contribution in [-0.4, -0.2) is 40.5 Å². The van der Waals surface area contributed by atoms with Gasteiger partial charge in [0.1, 0.15) is 11.6 Å². The molecular formula is C26H22N4O5. The molecule has 0 unspecified atom stereocenters. The summed E-state index contributed by atoms with van der Waals surface area (Å²) in [6.07, 6.45) is 1.12. The lowest BCUT2D eigenvalue weighted by atomic mass is 10.0. The van der Waals surface area contributed by atoms with Crippen LogP contribution in [0, 0.1) is 0 Å². The van der Waals surface area contributed by atoms with Crippen molar-refractivity contribution in [3.63, 3.8) is 0 Å². The molecule has 4 aromatic rings. The van der Waals surface area contributed by atoms with Gasteiger partial charge in [0.25, 0.3) is 5.91 Å². The molecule has 4 rings (SSSR count). The number of pyridine rings is 1. The van der Waals surface area contributed by atoms with E-state index in [1.54, 1.807) is 24.3 Å². The van der Waals surface area contributed by atoms with Crippen LogP contribution in [0.15, 0.2) is 83.8 Å². The number of carbonyl (C=O) groups excluding carboxylic acids is 2. The Balaban J connectivity index is 1.47. The van der Waals surface area contributed by atoms with Crippen molar-refractivity contribution in [1.29, 1.82) is 0 Å². The molecule has 0 fully saturated rings. The highest BCUT2D eigenvalue weighted by Crippen LogP contribution is 2.19. The van der Waals surface area contributed by atoms with Crippen LogP contribution in [-0.2, 0) is 4.79 Å². The molecule has 2 amide bonds. The van der Waals surface area contributed by atoms with Crippen LogP contribution in [0.25, 0.3) is 22.0 Å². The summed E-state index contributed by atoms with van der Waals surface area (Å²) in [5.74, 6) is -2.39. The zero-order valence-electron chi connectivity index (χ0n) is 18.4. The van der Waals surface area contributed by atoms with Gasteiger partial charge in [-0.15, -0.1) is 0 Å². The first-order valence-electron chi connectivity index (χ1n) is 10.7. The Labute approximate surface area is 199 Å². The number of amides is 2. The number of hydrogen-bond acceptors (Lipinski definition) is 5. The largest absolute Gasteiger partial charge is 0.477 e. The summed E-state index contributed by atoms with van der Waals surface area (Å²) in [6, 6.07) is 20.1. The first-order chi connectivity index (χ1) is 16.9. The topological polar surface area (TPSA) is 154 Å². The van der Waals surface area contributed by atoms with E-state index >= 15 is 0 Å². The van der Waals surface area contributed by atoms with E-state index in [4.69, 9.17) is 10.8 Å². The summed E-state index contributed by atoms with van der Waals surface area (Å²) < 4.78 is 0. The fraction of sp³-hybridized carbons (Fsp3) is 0.0769. The van der Waals surface area contributed by atoms with E-state index in [9.17, 15) is 19.2 Å². The number of carboxylic acids is 1. The minimum absolute atomic E-state index is 0.106. The first-order valence-corrected chi connectivity index (χ1v) is 10.7. The Morgan fingerprint density at radius 1 is 0.943 bits per heavy atom. The number of anilines is 1. The van der Waals surface area contributed by atoms with E-state index in [1.165, 1.54) is 6.07 Å². The SMILES string of the molecule is NC[C@H](NC(=O)c1ccc(-c2ccccc2)cc1)C(=O)Nc1ccc2[nH]cc(C(=O)O)c(=O)c2c1. The van der Waals surface area contributed by atoms with Gasteiger partial charge in [0.15, 0.2) is 0 Å². The Morgan fingerprint density at radius 3 is 2.29 bits per heavy atom. The number of carboxylic acid groups (broad SMARTS) is 1. The fourth-order valence-corrected chi connectivity index (χ4v) is 3.60. The molecular weight excluding hydrogens is 448 g/mol. The second kappa shape index (κ2) is 10.0. The lowest BCUT2D eigenvalue weighted by Crippen LogP contribution is -2.48. The van der Waals surface area contributed by atoms with Gasteiger partial charge >= 0.3 is 5.97 Å². The molecule has 1 aromatic heterocycles. The molecule has 1 heterocycles. The van der Waals surface area contributed by atoms with Crippen molar-refractivity contribution in [2.75, 3.05) is 11.9 Å². The minimum atomic E-state index is -1.36. The van der Waals surface area contributed by atoms with E-state index in [0.717, 1.165) is 17.3 Å². The standard InChI is InChI=1S/C26H22N4O5/c27-13-22(30-24(32)17-8-6-16(7-9-17)15-4-2-1-3-5-15)25(33)29-18-10-11-21-19(12-18)23(31)20(14-28-21)26(34)35/h1-12,14,22H,13,27H2,(H,28,31)(H,29,33)(H,30,32)(H,34,35)/t22-/m0/s1. The average molecular weight is 470 g/mol. The van der Waals surface area contributed by atoms with E-state index in [1.807, 2.05) is 42.5 Å². The van der Waals surface area contributed by atoms with E-state index in [-0.39, 0.29) is 17.6 Å². The Morgan fingerprint density at radius 2 is 1.63 bits per heavy atom. The second-order valence-corrected chi connectivity index (χ2v) is 7.79. The quantitative estimate of drug-likeness (QED) is 0.280. The van der Waals surface area contributed by atoms with Gasteiger partial charge in [-0.3, -0.25) is 14.4 Å². The second-order valence-electron chi connectivity index (χ2n) is 7.79. The van der Waals surface area contributed by atoms with Crippen LogP contribution in [0.4, 0.5) is 5.69 Å². The molecule has 0 radical (unpaired) electrons. The monoisotopic (exact) mass is 470 g/mol. The van der Waals surface area contributed by atoms with Crippen LogP contribution in [0.2, 0.25) is 0 Å². The van der Waals surface area contributed by atoms with Crippen molar-refractivity contribution in [1.82, 2.24) is 10.3 Å². The van der Waals surface area contributed by atoms with Crippen molar-refractivity contribution in [2.24, 2.45) is 5.73 Å². The smallest absolute Gasteiger partial charge is 0.341 e. The van der Waals surface area contributed by atoms with Crippen molar-refractivity contribution in [3.05, 3.63) is 100 Å². The maximum absolute atomic E-state index is 12.8. The number of aromatic nitrogens is 1. The van der Waals surface area contributed by atoms with Gasteiger partial charge in [0, 0.05) is 34.9 Å². The number of rotatable bonds is 7. The molecule has 0 saturated heterocycles. The summed E-state index contributed by atoms with van der Waals surface area (Å²) in [7, 11) is 0. The molecule has 0 aliphatic carbocycles. The Kier molecular flexibility index (Phi) is 6.70. The Hall–Kier alpha value is -4.76. The number of fused-ring (bicyclic) bond motifs is 1. The predicted octanol–water partition coefficient (Wildman–Crippen LogP) is 2.59. The molecule has 6 N–H and O–H groups in total. The number of nitrogens with two attached hydrogens (primary N) is 1. The maximum Gasteiger partial charge on any atom is 0.341 e. The van der Waals surface area contributed by atoms with Crippen LogP contribution >= 0.6 is 0 Å². The molecule has 9 nitrogen and oxygen atoms in total. The fourth-order valence-electron chi connectivity index (χ4n) is 3.60. The number of nitrogens with one attached hydrogen (secondary N) is 3. The lowest BCUT2D eigenvalue weighted by molar-refractivity contribution is -0.117. The van der Waals surface area contributed by atoms with Gasteiger partial charge < -0.3 is 26.5 Å². The zero-order valence-corrected chi connectivity index (χ0v) is 18.4. The average Bonchev–Trinajstić information content (AvgIpc) is 2.88. The zero-order chi connectivity index (χ0) is 24.9. The maximum atomic E-state index is 12.8. The summed E-state index contributed by atoms with van der Waals surface area (Å²) in [6.45, 7) is -0.156. The highest BCUT2D eigenvalue weighted by atomic mass is 16.4. The highest BCUT2D eigenvalue weighted by Gasteiger charge is 2.21. The summed E-state index contributed by atoms with van der Waals surface area (Å²) in [5, 5.41) is 14.5. The molecule has 9 heteroatoms. The molecule has 0 aliphatic rings. The van der Waals surface area contributed by atoms with Crippen molar-refractivity contribution < 1.29 is 19.5 Å². The van der Waals surface area contributed by atoms with Gasteiger partial charge in [0.2, 0.25) is 11.3 Å². The van der Waals surface area contributed by atoms with Gasteiger partial charge in [-0.1, -0.05) is 42.5 Å². The molecule has 1 atom stereocenters. The molecule has 0 saturated carbocycles. The van der Waals surface area contributed by atoms with Crippen LogP contribution in [0.1, 0.15) is 20.7 Å². The van der Waals surface area contributed by atoms with E-state index in [2.05, 4.69) is 15.6 Å². The highest BCUT2D eigenvalue weighted by molar-refractivity contribution is 6.02. The number of carbonyl (C=O) groups is 3. The number of benzene rings is 3. The van der Waals surface area contributed by atoms with Crippen molar-refractivity contribution in [3.8, 4) is 11.1 Å². The van der Waals surface area contributed by atoms with Gasteiger partial charge in [-0.25, -0.2) is 4.79 Å². The van der Waals surface area contributed by atoms with Crippen molar-refractivity contribution in [2.45, 2.75) is 6.04 Å². The third kappa shape index (κ3) is 5.10. The minimum Gasteiger partial charge on any atom is -0.477 e. The number of aromatic carboxylic acids is 1. The summed E-state index contributed by atoms with van der Waals surface area (Å²) >= 11 is 0. The third-order valence-corrected chi connectivity index (χ3v) is 5.49. The van der Waals surface area contributed by atoms with Crippen molar-refractivity contribution >= 4 is 34.4 Å². The molecule has 3 aromatic carbocycles. The summed E-state index contributed by atoms with van der Waals surface area (Å²) in [5.41, 5.74) is 7.65. The first kappa shape index (κ1) is 23.4. The predicted molar refractivity (Wildman–Crippen MR) is 132 cm³/mol. The molecule has 0 bridgehead atoms. The van der Waals surface area contributed by atoms with Gasteiger partial charge in [0.05, 0.1) is 0 Å². The summed E-state index contributed by atoms with van der Waals surface area (Å²) in [4.78, 5) is 51.8. The van der Waals surface area contributed by atoms with E-state index < -0.39 is 34.8 Å². The van der Waals surface area contributed by atoms with E-state index in [0.29, 0.717) is 11.1 Å². The number of aromatic amines is 1. The third-order valence-electron chi connectivity index (χ3n) is 5.49. The van der Waals surface area contributed by atoms with Gasteiger partial charge in [-0.05, 0) is 41.5 Å². The van der Waals surface area contributed by atoms with Crippen LogP contribution < -0.4 is 21.8 Å². The molecule has 35 heavy (non-hydrogen) atoms. The molecule has 0 spiro atoms. The number of H-pyrrole nitrogens is 1. The normalized spacial score (nSPS) is 11.6. The Bertz CT molecular complexity index is 1460.